The first-order valence-electron chi connectivity index (χ1n) is 11.4. The molecule has 2 aromatic heterocycles. The van der Waals surface area contributed by atoms with Crippen LogP contribution in [0.25, 0.3) is 11.7 Å². The van der Waals surface area contributed by atoms with Gasteiger partial charge in [0.15, 0.2) is 0 Å². The fourth-order valence-electron chi connectivity index (χ4n) is 3.70. The lowest BCUT2D eigenvalue weighted by molar-refractivity contribution is -0.137. The number of hydrogen-bond acceptors (Lipinski definition) is 5. The van der Waals surface area contributed by atoms with Gasteiger partial charge < -0.3 is 10.1 Å². The number of carbonyl (C=O) groups excluding carboxylic acids is 1. The average Bonchev–Trinajstić information content (AvgIpc) is 2.87. The number of rotatable bonds is 5. The molecule has 0 aliphatic carbocycles. The van der Waals surface area contributed by atoms with E-state index in [1.54, 1.807) is 37.3 Å². The number of nitrogens with one attached hydrogen (secondary N) is 1. The maximum Gasteiger partial charge on any atom is 0.416 e. The van der Waals surface area contributed by atoms with Crippen molar-refractivity contribution in [1.82, 2.24) is 9.38 Å². The normalized spacial score (nSPS) is 11.8. The van der Waals surface area contributed by atoms with Crippen LogP contribution in [0.4, 0.5) is 18.9 Å². The summed E-state index contributed by atoms with van der Waals surface area (Å²) >= 11 is 0. The lowest BCUT2D eigenvalue weighted by Crippen LogP contribution is -2.21. The molecule has 0 saturated heterocycles. The van der Waals surface area contributed by atoms with Crippen molar-refractivity contribution in [3.63, 3.8) is 0 Å². The molecule has 2 heterocycles. The number of nitriles is 1. The van der Waals surface area contributed by atoms with Crippen LogP contribution in [0.2, 0.25) is 0 Å². The van der Waals surface area contributed by atoms with Gasteiger partial charge >= 0.3 is 6.18 Å². The third kappa shape index (κ3) is 5.27. The van der Waals surface area contributed by atoms with E-state index in [9.17, 15) is 28.0 Å². The summed E-state index contributed by atoms with van der Waals surface area (Å²) in [7, 11) is 0. The summed E-state index contributed by atoms with van der Waals surface area (Å²) < 4.78 is 46.5. The molecule has 0 unspecified atom stereocenters. The monoisotopic (exact) mass is 518 g/mol. The number of fused-ring (bicyclic) bond motifs is 1. The van der Waals surface area contributed by atoms with Crippen molar-refractivity contribution in [2.45, 2.75) is 26.9 Å². The quantitative estimate of drug-likeness (QED) is 0.259. The summed E-state index contributed by atoms with van der Waals surface area (Å²) in [5.74, 6) is -0.702. The molecule has 0 fully saturated rings. The summed E-state index contributed by atoms with van der Waals surface area (Å²) in [5.41, 5.74) is 0.318. The van der Waals surface area contributed by atoms with Gasteiger partial charge in [0.1, 0.15) is 28.6 Å². The lowest BCUT2D eigenvalue weighted by Gasteiger charge is -2.14. The van der Waals surface area contributed by atoms with E-state index in [1.165, 1.54) is 16.7 Å². The van der Waals surface area contributed by atoms with Crippen LogP contribution in [0.15, 0.2) is 71.2 Å². The predicted octanol–water partition coefficient (Wildman–Crippen LogP) is 5.98. The number of aromatic nitrogens is 2. The van der Waals surface area contributed by atoms with Crippen LogP contribution in [0.1, 0.15) is 27.8 Å². The van der Waals surface area contributed by atoms with Gasteiger partial charge in [0.25, 0.3) is 11.5 Å². The summed E-state index contributed by atoms with van der Waals surface area (Å²) in [6.45, 7) is 5.49. The van der Waals surface area contributed by atoms with Gasteiger partial charge in [-0.15, -0.1) is 0 Å². The fourth-order valence-corrected chi connectivity index (χ4v) is 3.70. The molecule has 192 valence electrons. The first kappa shape index (κ1) is 26.2. The molecule has 4 rings (SSSR count). The minimum atomic E-state index is -4.61. The molecule has 1 amide bonds. The third-order valence-corrected chi connectivity index (χ3v) is 5.91. The van der Waals surface area contributed by atoms with Gasteiger partial charge in [-0.05, 0) is 73.9 Å². The molecule has 0 spiro atoms. The summed E-state index contributed by atoms with van der Waals surface area (Å²) in [6.07, 6.45) is -2.10. The number of aryl methyl sites for hydroxylation is 2. The first-order chi connectivity index (χ1) is 18.0. The van der Waals surface area contributed by atoms with Crippen LogP contribution in [-0.2, 0) is 11.0 Å². The van der Waals surface area contributed by atoms with E-state index in [1.807, 2.05) is 19.9 Å². The highest BCUT2D eigenvalue weighted by Gasteiger charge is 2.30. The van der Waals surface area contributed by atoms with Crippen molar-refractivity contribution in [3.8, 4) is 17.7 Å². The van der Waals surface area contributed by atoms with Crippen LogP contribution in [-0.4, -0.2) is 15.3 Å². The van der Waals surface area contributed by atoms with Crippen LogP contribution < -0.4 is 15.6 Å². The summed E-state index contributed by atoms with van der Waals surface area (Å²) in [4.78, 5) is 30.8. The minimum absolute atomic E-state index is 0.127. The van der Waals surface area contributed by atoms with Gasteiger partial charge in [-0.2, -0.15) is 23.4 Å². The molecule has 0 saturated carbocycles. The van der Waals surface area contributed by atoms with Gasteiger partial charge in [0.05, 0.1) is 5.56 Å². The summed E-state index contributed by atoms with van der Waals surface area (Å²) in [6, 6.07) is 14.5. The molecule has 1 N–H and O–H groups in total. The summed E-state index contributed by atoms with van der Waals surface area (Å²) in [5, 5.41) is 12.0. The number of halogens is 3. The zero-order valence-corrected chi connectivity index (χ0v) is 20.6. The van der Waals surface area contributed by atoms with Crippen molar-refractivity contribution >= 4 is 23.3 Å². The topological polar surface area (TPSA) is 96.5 Å². The number of anilines is 1. The molecule has 2 aromatic carbocycles. The number of alkyl halides is 3. The van der Waals surface area contributed by atoms with Gasteiger partial charge in [-0.1, -0.05) is 24.3 Å². The number of pyridine rings is 1. The van der Waals surface area contributed by atoms with Crippen LogP contribution in [0.3, 0.4) is 0 Å². The van der Waals surface area contributed by atoms with Crippen molar-refractivity contribution in [2.75, 3.05) is 5.32 Å². The standard InChI is InChI=1S/C28H21F3N4O3/c1-16-7-4-11-23(18(16)3)38-26-22(27(37)35-12-6-8-17(2)24(35)34-26)13-19(15-32)25(36)33-21-10-5-9-20(14-21)28(29,30)31/h4-14H,1-3H3,(H,33,36)/b19-13-. The number of benzene rings is 2. The van der Waals surface area contributed by atoms with E-state index in [-0.39, 0.29) is 17.1 Å². The molecule has 0 aliphatic rings. The Bertz CT molecular complexity index is 1700. The molecule has 0 atom stereocenters. The molecule has 10 heteroatoms. The Morgan fingerprint density at radius 1 is 1.08 bits per heavy atom. The van der Waals surface area contributed by atoms with E-state index in [2.05, 4.69) is 10.3 Å². The first-order valence-corrected chi connectivity index (χ1v) is 11.4. The Morgan fingerprint density at radius 3 is 2.50 bits per heavy atom. The second-order valence-electron chi connectivity index (χ2n) is 8.52. The maximum absolute atomic E-state index is 13.5. The molecule has 4 aromatic rings. The zero-order chi connectivity index (χ0) is 27.6. The van der Waals surface area contributed by atoms with Crippen molar-refractivity contribution in [2.24, 2.45) is 0 Å². The molecule has 38 heavy (non-hydrogen) atoms. The third-order valence-electron chi connectivity index (χ3n) is 5.91. The maximum atomic E-state index is 13.5. The predicted molar refractivity (Wildman–Crippen MR) is 136 cm³/mol. The Hall–Kier alpha value is -4.91. The highest BCUT2D eigenvalue weighted by Crippen LogP contribution is 2.31. The van der Waals surface area contributed by atoms with E-state index < -0.39 is 28.8 Å². The van der Waals surface area contributed by atoms with E-state index in [0.29, 0.717) is 17.0 Å². The largest absolute Gasteiger partial charge is 0.438 e. The number of ether oxygens (including phenoxy) is 1. The second kappa shape index (κ2) is 10.2. The van der Waals surface area contributed by atoms with Crippen LogP contribution in [0, 0.1) is 32.1 Å². The van der Waals surface area contributed by atoms with E-state index in [4.69, 9.17) is 4.74 Å². The van der Waals surface area contributed by atoms with Gasteiger partial charge in [0.2, 0.25) is 5.88 Å². The smallest absolute Gasteiger partial charge is 0.416 e. The molecular formula is C28H21F3N4O3. The Balaban J connectivity index is 1.82. The number of nitrogens with zero attached hydrogens (tertiary/aromatic N) is 3. The number of amides is 1. The lowest BCUT2D eigenvalue weighted by atomic mass is 10.1. The van der Waals surface area contributed by atoms with Crippen LogP contribution in [0.5, 0.6) is 11.6 Å². The highest BCUT2D eigenvalue weighted by molar-refractivity contribution is 6.09. The molecule has 0 radical (unpaired) electrons. The molecular weight excluding hydrogens is 497 g/mol. The number of carbonyl (C=O) groups is 1. The Labute approximate surface area is 215 Å². The highest BCUT2D eigenvalue weighted by atomic mass is 19.4. The molecule has 0 aliphatic heterocycles. The van der Waals surface area contributed by atoms with E-state index in [0.717, 1.165) is 35.4 Å². The van der Waals surface area contributed by atoms with Gasteiger partial charge in [0, 0.05) is 11.9 Å². The SMILES string of the molecule is Cc1cccc(Oc2nc3c(C)cccn3c(=O)c2/C=C(/C#N)C(=O)Nc2cccc(C(F)(F)F)c2)c1C. The van der Waals surface area contributed by atoms with Crippen molar-refractivity contribution < 1.29 is 22.7 Å². The van der Waals surface area contributed by atoms with Gasteiger partial charge in [-0.25, -0.2) is 0 Å². The van der Waals surface area contributed by atoms with E-state index >= 15 is 0 Å². The Kier molecular flexibility index (Phi) is 7.04. The minimum Gasteiger partial charge on any atom is -0.438 e. The van der Waals surface area contributed by atoms with Crippen LogP contribution >= 0.6 is 0 Å². The Morgan fingerprint density at radius 2 is 1.79 bits per heavy atom. The average molecular weight is 518 g/mol. The van der Waals surface area contributed by atoms with Crippen molar-refractivity contribution in [1.29, 1.82) is 5.26 Å². The zero-order valence-electron chi connectivity index (χ0n) is 20.6. The molecule has 0 bridgehead atoms. The molecule has 7 nitrogen and oxygen atoms in total. The van der Waals surface area contributed by atoms with Gasteiger partial charge in [-0.3, -0.25) is 14.0 Å². The second-order valence-corrected chi connectivity index (χ2v) is 8.52. The number of hydrogen-bond donors (Lipinski definition) is 1. The van der Waals surface area contributed by atoms with Crippen molar-refractivity contribution in [3.05, 3.63) is 105 Å². The fraction of sp³-hybridized carbons (Fsp3) is 0.143.